The lowest BCUT2D eigenvalue weighted by molar-refractivity contribution is -0.140. The predicted molar refractivity (Wildman–Crippen MR) is 74.4 cm³/mol. The summed E-state index contributed by atoms with van der Waals surface area (Å²) in [5, 5.41) is 11.3. The van der Waals surface area contributed by atoms with Crippen LogP contribution in [0.25, 0.3) is 0 Å². The smallest absolute Gasteiger partial charge is 0.327 e. The Balaban J connectivity index is 2.52. The maximum absolute atomic E-state index is 13.5. The van der Waals surface area contributed by atoms with Crippen LogP contribution in [0.4, 0.5) is 4.39 Å². The molecule has 1 amide bonds. The first-order valence-electron chi connectivity index (χ1n) is 5.84. The van der Waals surface area contributed by atoms with E-state index >= 15 is 0 Å². The fourth-order valence-corrected chi connectivity index (χ4v) is 2.51. The number of rotatable bonds is 7. The van der Waals surface area contributed by atoms with Crippen LogP contribution in [0.15, 0.2) is 18.2 Å². The SMILES string of the molecule is COc1ccc(CSCC(NC(C)=O)C(=O)O)cc1F. The highest BCUT2D eigenvalue weighted by molar-refractivity contribution is 7.98. The van der Waals surface area contributed by atoms with Gasteiger partial charge in [0, 0.05) is 18.4 Å². The fourth-order valence-electron chi connectivity index (χ4n) is 1.51. The summed E-state index contributed by atoms with van der Waals surface area (Å²) in [7, 11) is 1.39. The number of carboxylic acids is 1. The van der Waals surface area contributed by atoms with Crippen LogP contribution < -0.4 is 10.1 Å². The Kier molecular flexibility index (Phi) is 6.30. The summed E-state index contributed by atoms with van der Waals surface area (Å²) in [6.45, 7) is 1.26. The van der Waals surface area contributed by atoms with Crippen LogP contribution in [0.1, 0.15) is 12.5 Å². The Bertz CT molecular complexity index is 495. The van der Waals surface area contributed by atoms with Crippen LogP contribution in [-0.4, -0.2) is 35.9 Å². The van der Waals surface area contributed by atoms with Gasteiger partial charge < -0.3 is 15.2 Å². The number of thioether (sulfide) groups is 1. The molecule has 0 fully saturated rings. The minimum Gasteiger partial charge on any atom is -0.494 e. The Morgan fingerprint density at radius 3 is 2.70 bits per heavy atom. The number of aliphatic carboxylic acids is 1. The molecular formula is C13H16FNO4S. The maximum Gasteiger partial charge on any atom is 0.327 e. The van der Waals surface area contributed by atoms with Crippen molar-refractivity contribution in [2.75, 3.05) is 12.9 Å². The lowest BCUT2D eigenvalue weighted by atomic mass is 10.2. The fraction of sp³-hybridized carbons (Fsp3) is 0.385. The Morgan fingerprint density at radius 2 is 2.20 bits per heavy atom. The van der Waals surface area contributed by atoms with E-state index in [4.69, 9.17) is 9.84 Å². The van der Waals surface area contributed by atoms with Gasteiger partial charge in [-0.2, -0.15) is 11.8 Å². The van der Waals surface area contributed by atoms with Crippen molar-refractivity contribution in [1.82, 2.24) is 5.32 Å². The molecule has 20 heavy (non-hydrogen) atoms. The van der Waals surface area contributed by atoms with Crippen LogP contribution in [0.5, 0.6) is 5.75 Å². The van der Waals surface area contributed by atoms with E-state index in [9.17, 15) is 14.0 Å². The molecule has 0 aliphatic rings. The first-order chi connectivity index (χ1) is 9.43. The van der Waals surface area contributed by atoms with Crippen molar-refractivity contribution in [1.29, 1.82) is 0 Å². The van der Waals surface area contributed by atoms with Crippen molar-refractivity contribution >= 4 is 23.6 Å². The van der Waals surface area contributed by atoms with Crippen molar-refractivity contribution < 1.29 is 23.8 Å². The Hall–Kier alpha value is -1.76. The van der Waals surface area contributed by atoms with Gasteiger partial charge in [-0.05, 0) is 17.7 Å². The summed E-state index contributed by atoms with van der Waals surface area (Å²) < 4.78 is 18.3. The van der Waals surface area contributed by atoms with E-state index in [0.717, 1.165) is 5.56 Å². The van der Waals surface area contributed by atoms with Crippen molar-refractivity contribution in [3.63, 3.8) is 0 Å². The number of methoxy groups -OCH3 is 1. The largest absolute Gasteiger partial charge is 0.494 e. The average Bonchev–Trinajstić information content (AvgIpc) is 2.37. The summed E-state index contributed by atoms with van der Waals surface area (Å²) in [6.07, 6.45) is 0. The van der Waals surface area contributed by atoms with E-state index < -0.39 is 23.7 Å². The Morgan fingerprint density at radius 1 is 1.50 bits per heavy atom. The summed E-state index contributed by atoms with van der Waals surface area (Å²) in [6, 6.07) is 3.64. The number of carbonyl (C=O) groups excluding carboxylic acids is 1. The molecule has 1 atom stereocenters. The first kappa shape index (κ1) is 16.3. The molecule has 0 spiro atoms. The third-order valence-corrected chi connectivity index (χ3v) is 3.55. The summed E-state index contributed by atoms with van der Waals surface area (Å²) in [4.78, 5) is 21.8. The van der Waals surface area contributed by atoms with Gasteiger partial charge in [-0.1, -0.05) is 6.07 Å². The molecule has 0 bridgehead atoms. The summed E-state index contributed by atoms with van der Waals surface area (Å²) in [5.74, 6) is -1.11. The van der Waals surface area contributed by atoms with Crippen LogP contribution in [0.2, 0.25) is 0 Å². The maximum atomic E-state index is 13.5. The van der Waals surface area contributed by atoms with Crippen molar-refractivity contribution in [3.05, 3.63) is 29.6 Å². The molecule has 0 saturated carbocycles. The number of hydrogen-bond donors (Lipinski definition) is 2. The topological polar surface area (TPSA) is 75.6 Å². The van der Waals surface area contributed by atoms with Crippen molar-refractivity contribution in [2.45, 2.75) is 18.7 Å². The first-order valence-corrected chi connectivity index (χ1v) is 6.99. The normalized spacial score (nSPS) is 11.8. The molecule has 5 nitrogen and oxygen atoms in total. The number of amides is 1. The molecule has 0 radical (unpaired) electrons. The lowest BCUT2D eigenvalue weighted by Crippen LogP contribution is -2.41. The molecule has 1 aromatic rings. The van der Waals surface area contributed by atoms with Gasteiger partial charge in [0.25, 0.3) is 0 Å². The molecule has 0 aromatic heterocycles. The minimum atomic E-state index is -1.09. The zero-order chi connectivity index (χ0) is 15.1. The van der Waals surface area contributed by atoms with Crippen LogP contribution in [-0.2, 0) is 15.3 Å². The molecule has 110 valence electrons. The quantitative estimate of drug-likeness (QED) is 0.801. The van der Waals surface area contributed by atoms with Gasteiger partial charge >= 0.3 is 5.97 Å². The zero-order valence-electron chi connectivity index (χ0n) is 11.2. The van der Waals surface area contributed by atoms with E-state index in [2.05, 4.69) is 5.32 Å². The van der Waals surface area contributed by atoms with Crippen molar-refractivity contribution in [2.24, 2.45) is 0 Å². The van der Waals surface area contributed by atoms with Gasteiger partial charge in [0.2, 0.25) is 5.91 Å². The highest BCUT2D eigenvalue weighted by Crippen LogP contribution is 2.21. The number of nitrogens with one attached hydrogen (secondary N) is 1. The van der Waals surface area contributed by atoms with E-state index in [-0.39, 0.29) is 11.5 Å². The minimum absolute atomic E-state index is 0.167. The van der Waals surface area contributed by atoms with Gasteiger partial charge in [0.15, 0.2) is 11.6 Å². The summed E-state index contributed by atoms with van der Waals surface area (Å²) in [5.41, 5.74) is 0.722. The second kappa shape index (κ2) is 7.74. The highest BCUT2D eigenvalue weighted by atomic mass is 32.2. The van der Waals surface area contributed by atoms with E-state index in [1.54, 1.807) is 6.07 Å². The van der Waals surface area contributed by atoms with Crippen molar-refractivity contribution in [3.8, 4) is 5.75 Å². The van der Waals surface area contributed by atoms with Gasteiger partial charge in [-0.15, -0.1) is 0 Å². The number of benzene rings is 1. The number of halogens is 1. The standard InChI is InChI=1S/C13H16FNO4S/c1-8(16)15-11(13(17)18)7-20-6-9-3-4-12(19-2)10(14)5-9/h3-5,11H,6-7H2,1-2H3,(H,15,16)(H,17,18). The summed E-state index contributed by atoms with van der Waals surface area (Å²) >= 11 is 1.30. The van der Waals surface area contributed by atoms with Crippen LogP contribution in [0, 0.1) is 5.82 Å². The number of ether oxygens (including phenoxy) is 1. The molecule has 2 N–H and O–H groups in total. The van der Waals surface area contributed by atoms with E-state index in [0.29, 0.717) is 5.75 Å². The molecule has 0 heterocycles. The van der Waals surface area contributed by atoms with Crippen LogP contribution >= 0.6 is 11.8 Å². The Labute approximate surface area is 120 Å². The van der Waals surface area contributed by atoms with Gasteiger partial charge in [-0.25, -0.2) is 9.18 Å². The van der Waals surface area contributed by atoms with E-state index in [1.807, 2.05) is 0 Å². The third-order valence-electron chi connectivity index (χ3n) is 2.45. The number of carbonyl (C=O) groups is 2. The number of hydrogen-bond acceptors (Lipinski definition) is 4. The lowest BCUT2D eigenvalue weighted by Gasteiger charge is -2.12. The second-order valence-corrected chi connectivity index (χ2v) is 5.11. The third kappa shape index (κ3) is 5.08. The van der Waals surface area contributed by atoms with E-state index in [1.165, 1.54) is 37.9 Å². The average molecular weight is 301 g/mol. The molecule has 1 rings (SSSR count). The highest BCUT2D eigenvalue weighted by Gasteiger charge is 2.18. The van der Waals surface area contributed by atoms with Gasteiger partial charge in [-0.3, -0.25) is 4.79 Å². The molecule has 0 aliphatic carbocycles. The second-order valence-electron chi connectivity index (χ2n) is 4.08. The number of carboxylic acid groups (broad SMARTS) is 1. The molecule has 0 saturated heterocycles. The zero-order valence-corrected chi connectivity index (χ0v) is 12.0. The monoisotopic (exact) mass is 301 g/mol. The van der Waals surface area contributed by atoms with Gasteiger partial charge in [0.05, 0.1) is 7.11 Å². The molecule has 0 aliphatic heterocycles. The molecule has 7 heteroatoms. The van der Waals surface area contributed by atoms with Crippen LogP contribution in [0.3, 0.4) is 0 Å². The molecule has 1 aromatic carbocycles. The molecule has 1 unspecified atom stereocenters. The predicted octanol–water partition coefficient (Wildman–Crippen LogP) is 1.66. The van der Waals surface area contributed by atoms with Gasteiger partial charge in [0.1, 0.15) is 6.04 Å². The molecular weight excluding hydrogens is 285 g/mol.